The number of para-hydroxylation sites is 1. The van der Waals surface area contributed by atoms with Crippen molar-refractivity contribution in [3.63, 3.8) is 0 Å². The third-order valence-electron chi connectivity index (χ3n) is 3.61. The van der Waals surface area contributed by atoms with Crippen LogP contribution in [0.25, 0.3) is 10.9 Å². The number of carbonyl (C=O) groups is 1. The molecule has 134 valence electrons. The van der Waals surface area contributed by atoms with Gasteiger partial charge in [-0.05, 0) is 18.2 Å². The van der Waals surface area contributed by atoms with Gasteiger partial charge in [0.05, 0.1) is 15.6 Å². The van der Waals surface area contributed by atoms with Crippen LogP contribution < -0.4 is 4.74 Å². The maximum atomic E-state index is 11.9. The van der Waals surface area contributed by atoms with Gasteiger partial charge in [0.15, 0.2) is 18.0 Å². The van der Waals surface area contributed by atoms with E-state index in [0.717, 1.165) is 5.52 Å². The number of rotatable bonds is 4. The molecule has 1 aromatic heterocycles. The highest BCUT2D eigenvalue weighted by Gasteiger charge is 2.15. The molecule has 1 amide bonds. The lowest BCUT2D eigenvalue weighted by molar-refractivity contribution is -0.120. The molecule has 0 aliphatic heterocycles. The zero-order valence-corrected chi connectivity index (χ0v) is 15.7. The van der Waals surface area contributed by atoms with Crippen molar-refractivity contribution in [2.45, 2.75) is 0 Å². The molecule has 0 atom stereocenters. The van der Waals surface area contributed by atoms with E-state index < -0.39 is 12.5 Å². The summed E-state index contributed by atoms with van der Waals surface area (Å²) in [7, 11) is 1.69. The minimum absolute atomic E-state index is 0.0903. The SMILES string of the molecule is Cn1c(O)c(N=NC(=O)COc2c(Cl)cc(Cl)cc2Cl)c2ccccc21. The van der Waals surface area contributed by atoms with Crippen molar-refractivity contribution in [1.29, 1.82) is 0 Å². The topological polar surface area (TPSA) is 76.2 Å². The van der Waals surface area contributed by atoms with Crippen molar-refractivity contribution in [2.75, 3.05) is 6.61 Å². The lowest BCUT2D eigenvalue weighted by atomic mass is 10.2. The Bertz CT molecular complexity index is 1010. The zero-order valence-electron chi connectivity index (χ0n) is 13.4. The molecule has 2 aromatic carbocycles. The van der Waals surface area contributed by atoms with Gasteiger partial charge >= 0.3 is 5.91 Å². The number of fused-ring (bicyclic) bond motifs is 1. The van der Waals surface area contributed by atoms with E-state index in [0.29, 0.717) is 10.4 Å². The van der Waals surface area contributed by atoms with Crippen LogP contribution in [0, 0.1) is 0 Å². The molecule has 1 heterocycles. The maximum Gasteiger partial charge on any atom is 0.302 e. The van der Waals surface area contributed by atoms with Crippen molar-refractivity contribution >= 4 is 57.3 Å². The second-order valence-corrected chi connectivity index (χ2v) is 6.58. The summed E-state index contributed by atoms with van der Waals surface area (Å²) < 4.78 is 6.86. The van der Waals surface area contributed by atoms with Gasteiger partial charge in [-0.15, -0.1) is 10.2 Å². The average Bonchev–Trinajstić information content (AvgIpc) is 2.83. The van der Waals surface area contributed by atoms with Crippen molar-refractivity contribution in [3.05, 3.63) is 51.5 Å². The summed E-state index contributed by atoms with van der Waals surface area (Å²) in [5.74, 6) is -0.624. The van der Waals surface area contributed by atoms with Gasteiger partial charge in [-0.25, -0.2) is 0 Å². The van der Waals surface area contributed by atoms with Crippen LogP contribution in [0.5, 0.6) is 11.6 Å². The van der Waals surface area contributed by atoms with Crippen molar-refractivity contribution in [2.24, 2.45) is 17.3 Å². The van der Waals surface area contributed by atoms with Crippen LogP contribution in [0.2, 0.25) is 15.1 Å². The minimum atomic E-state index is -0.667. The number of hydrogen-bond donors (Lipinski definition) is 1. The molecular weight excluding hydrogens is 401 g/mol. The largest absolute Gasteiger partial charge is 0.493 e. The number of azo groups is 1. The molecule has 0 fully saturated rings. The van der Waals surface area contributed by atoms with Gasteiger partial charge in [0, 0.05) is 17.5 Å². The number of nitrogens with zero attached hydrogens (tertiary/aromatic N) is 3. The molecule has 6 nitrogen and oxygen atoms in total. The van der Waals surface area contributed by atoms with Crippen LogP contribution >= 0.6 is 34.8 Å². The van der Waals surface area contributed by atoms with E-state index in [2.05, 4.69) is 10.2 Å². The normalized spacial score (nSPS) is 11.4. The van der Waals surface area contributed by atoms with E-state index in [1.54, 1.807) is 23.7 Å². The Labute approximate surface area is 163 Å². The number of amides is 1. The van der Waals surface area contributed by atoms with E-state index in [1.807, 2.05) is 12.1 Å². The van der Waals surface area contributed by atoms with Gasteiger partial charge in [-0.3, -0.25) is 4.79 Å². The molecule has 0 radical (unpaired) electrons. The smallest absolute Gasteiger partial charge is 0.302 e. The molecule has 0 bridgehead atoms. The average molecular weight is 413 g/mol. The number of ether oxygens (including phenoxy) is 1. The van der Waals surface area contributed by atoms with Crippen LogP contribution in [-0.2, 0) is 11.8 Å². The standard InChI is InChI=1S/C17H12Cl3N3O3/c1-23-13-5-3-2-4-10(13)15(17(23)25)22-21-14(24)8-26-16-11(19)6-9(18)7-12(16)20/h2-7,25H,8H2,1H3. The molecule has 0 saturated heterocycles. The molecule has 3 aromatic rings. The summed E-state index contributed by atoms with van der Waals surface area (Å²) in [5, 5.41) is 19.0. The van der Waals surface area contributed by atoms with E-state index in [4.69, 9.17) is 39.5 Å². The molecule has 3 rings (SSSR count). The quantitative estimate of drug-likeness (QED) is 0.572. The second-order valence-electron chi connectivity index (χ2n) is 5.33. The predicted octanol–water partition coefficient (Wildman–Crippen LogP) is 5.53. The summed E-state index contributed by atoms with van der Waals surface area (Å²) in [6.07, 6.45) is 0. The summed E-state index contributed by atoms with van der Waals surface area (Å²) in [6.45, 7) is -0.421. The fourth-order valence-electron chi connectivity index (χ4n) is 2.39. The van der Waals surface area contributed by atoms with Crippen LogP contribution in [0.15, 0.2) is 46.6 Å². The Morgan fingerprint density at radius 3 is 2.54 bits per heavy atom. The fourth-order valence-corrected chi connectivity index (χ4v) is 3.32. The van der Waals surface area contributed by atoms with Crippen LogP contribution in [-0.4, -0.2) is 22.2 Å². The number of carbonyl (C=O) groups excluding carboxylic acids is 1. The minimum Gasteiger partial charge on any atom is -0.493 e. The Hall–Kier alpha value is -2.28. The highest BCUT2D eigenvalue weighted by molar-refractivity contribution is 6.40. The van der Waals surface area contributed by atoms with E-state index in [-0.39, 0.29) is 27.4 Å². The first-order chi connectivity index (χ1) is 12.4. The Kier molecular flexibility index (Phi) is 5.36. The molecular formula is C17H12Cl3N3O3. The Morgan fingerprint density at radius 1 is 1.19 bits per heavy atom. The van der Waals surface area contributed by atoms with Gasteiger partial charge in [-0.2, -0.15) is 0 Å². The summed E-state index contributed by atoms with van der Waals surface area (Å²) in [6, 6.07) is 10.1. The summed E-state index contributed by atoms with van der Waals surface area (Å²) in [5.41, 5.74) is 0.974. The third kappa shape index (κ3) is 3.62. The summed E-state index contributed by atoms with van der Waals surface area (Å²) in [4.78, 5) is 11.9. The van der Waals surface area contributed by atoms with Crippen LogP contribution in [0.1, 0.15) is 0 Å². The van der Waals surface area contributed by atoms with Gasteiger partial charge in [0.1, 0.15) is 0 Å². The number of halogens is 3. The fraction of sp³-hybridized carbons (Fsp3) is 0.118. The second kappa shape index (κ2) is 7.53. The van der Waals surface area contributed by atoms with E-state index >= 15 is 0 Å². The Balaban J connectivity index is 1.76. The third-order valence-corrected chi connectivity index (χ3v) is 4.39. The zero-order chi connectivity index (χ0) is 18.8. The number of aryl methyl sites for hydroxylation is 1. The summed E-state index contributed by atoms with van der Waals surface area (Å²) >= 11 is 17.8. The molecule has 26 heavy (non-hydrogen) atoms. The highest BCUT2D eigenvalue weighted by atomic mass is 35.5. The first kappa shape index (κ1) is 18.5. The number of aromatic hydroxyl groups is 1. The maximum absolute atomic E-state index is 11.9. The van der Waals surface area contributed by atoms with Gasteiger partial charge in [-0.1, -0.05) is 53.0 Å². The molecule has 0 aliphatic carbocycles. The monoisotopic (exact) mass is 411 g/mol. The van der Waals surface area contributed by atoms with Crippen molar-refractivity contribution in [1.82, 2.24) is 4.57 Å². The van der Waals surface area contributed by atoms with Gasteiger partial charge in [0.25, 0.3) is 0 Å². The van der Waals surface area contributed by atoms with E-state index in [1.165, 1.54) is 12.1 Å². The number of aromatic nitrogens is 1. The highest BCUT2D eigenvalue weighted by Crippen LogP contribution is 2.38. The molecule has 0 spiro atoms. The molecule has 1 N–H and O–H groups in total. The number of benzene rings is 2. The molecule has 0 unspecified atom stereocenters. The van der Waals surface area contributed by atoms with Crippen molar-refractivity contribution < 1.29 is 14.6 Å². The van der Waals surface area contributed by atoms with E-state index in [9.17, 15) is 9.90 Å². The Morgan fingerprint density at radius 2 is 1.85 bits per heavy atom. The van der Waals surface area contributed by atoms with Crippen molar-refractivity contribution in [3.8, 4) is 11.6 Å². The van der Waals surface area contributed by atoms with Gasteiger partial charge < -0.3 is 14.4 Å². The first-order valence-corrected chi connectivity index (χ1v) is 8.50. The first-order valence-electron chi connectivity index (χ1n) is 7.36. The molecule has 0 saturated carbocycles. The van der Waals surface area contributed by atoms with Crippen LogP contribution in [0.3, 0.4) is 0 Å². The van der Waals surface area contributed by atoms with Gasteiger partial charge in [0.2, 0.25) is 5.88 Å². The predicted molar refractivity (Wildman–Crippen MR) is 101 cm³/mol. The molecule has 9 heteroatoms. The van der Waals surface area contributed by atoms with Crippen LogP contribution in [0.4, 0.5) is 5.69 Å². The lowest BCUT2D eigenvalue weighted by Gasteiger charge is -2.08. The number of hydrogen-bond acceptors (Lipinski definition) is 4. The lowest BCUT2D eigenvalue weighted by Crippen LogP contribution is -2.08. The molecule has 0 aliphatic rings.